The van der Waals surface area contributed by atoms with Crippen molar-refractivity contribution in [1.29, 1.82) is 0 Å². The van der Waals surface area contributed by atoms with Crippen LogP contribution in [0.4, 0.5) is 13.2 Å². The lowest BCUT2D eigenvalue weighted by Crippen LogP contribution is -2.21. The van der Waals surface area contributed by atoms with E-state index in [0.717, 1.165) is 12.1 Å². The molecule has 0 unspecified atom stereocenters. The number of amidine groups is 1. The van der Waals surface area contributed by atoms with Crippen molar-refractivity contribution < 1.29 is 18.0 Å². The molecule has 0 amide bonds. The highest BCUT2D eigenvalue weighted by atomic mass is 32.1. The number of hydrogen-bond acceptors (Lipinski definition) is 5. The van der Waals surface area contributed by atoms with Gasteiger partial charge in [0.05, 0.1) is 5.56 Å². The fourth-order valence-electron chi connectivity index (χ4n) is 1.89. The van der Waals surface area contributed by atoms with E-state index in [1.165, 1.54) is 12.1 Å². The number of thiol groups is 1. The molecule has 0 bridgehead atoms. The summed E-state index contributed by atoms with van der Waals surface area (Å²) >= 11 is 4.25. The Hall–Kier alpha value is -2.26. The van der Waals surface area contributed by atoms with Crippen molar-refractivity contribution in [3.63, 3.8) is 0 Å². The topological polar surface area (TPSA) is 72.5 Å². The van der Waals surface area contributed by atoms with E-state index >= 15 is 0 Å². The second kappa shape index (κ2) is 8.72. The van der Waals surface area contributed by atoms with Crippen molar-refractivity contribution in [3.05, 3.63) is 53.9 Å². The third kappa shape index (κ3) is 5.95. The van der Waals surface area contributed by atoms with Crippen LogP contribution in [-0.4, -0.2) is 23.9 Å². The van der Waals surface area contributed by atoms with Gasteiger partial charge in [0, 0.05) is 24.2 Å². The first-order valence-corrected chi connectivity index (χ1v) is 7.84. The molecule has 25 heavy (non-hydrogen) atoms. The number of aliphatic imine (C=N–C) groups is 1. The van der Waals surface area contributed by atoms with Gasteiger partial charge in [-0.15, -0.1) is 12.6 Å². The molecule has 0 radical (unpaired) electrons. The van der Waals surface area contributed by atoms with E-state index in [0.29, 0.717) is 30.1 Å². The summed E-state index contributed by atoms with van der Waals surface area (Å²) in [6.07, 6.45) is -2.22. The summed E-state index contributed by atoms with van der Waals surface area (Å²) in [5, 5.41) is 0. The maximum atomic E-state index is 12.6. The highest BCUT2D eigenvalue weighted by Gasteiger charge is 2.30. The molecule has 0 fully saturated rings. The predicted molar refractivity (Wildman–Crippen MR) is 91.8 cm³/mol. The highest BCUT2D eigenvalue weighted by molar-refractivity contribution is 7.80. The number of rotatable bonds is 7. The molecule has 2 aromatic rings. The van der Waals surface area contributed by atoms with Gasteiger partial charge in [0.1, 0.15) is 17.3 Å². The maximum absolute atomic E-state index is 12.6. The lowest BCUT2D eigenvalue weighted by molar-refractivity contribution is -0.137. The number of hydroxylamine groups is 1. The van der Waals surface area contributed by atoms with Gasteiger partial charge in [-0.3, -0.25) is 9.98 Å². The Kier molecular flexibility index (Phi) is 6.65. The van der Waals surface area contributed by atoms with Crippen molar-refractivity contribution in [2.75, 3.05) is 13.1 Å². The van der Waals surface area contributed by atoms with Crippen LogP contribution < -0.4 is 16.1 Å². The molecule has 9 heteroatoms. The average Bonchev–Trinajstić information content (AvgIpc) is 2.57. The molecular weight excluding hydrogens is 353 g/mol. The van der Waals surface area contributed by atoms with E-state index in [-0.39, 0.29) is 11.6 Å². The fraction of sp³-hybridized carbons (Fsp3) is 0.250. The van der Waals surface area contributed by atoms with Crippen LogP contribution in [0.2, 0.25) is 0 Å². The van der Waals surface area contributed by atoms with Crippen LogP contribution in [-0.2, 0) is 6.18 Å². The molecule has 1 heterocycles. The lowest BCUT2D eigenvalue weighted by Gasteiger charge is -2.10. The van der Waals surface area contributed by atoms with Crippen molar-refractivity contribution in [3.8, 4) is 5.75 Å². The third-order valence-electron chi connectivity index (χ3n) is 3.10. The summed E-state index contributed by atoms with van der Waals surface area (Å²) in [6.45, 7) is 0.803. The number of nitrogens with two attached hydrogens (primary N) is 1. The van der Waals surface area contributed by atoms with Gasteiger partial charge in [0.2, 0.25) is 0 Å². The van der Waals surface area contributed by atoms with Crippen LogP contribution in [0.15, 0.2) is 52.5 Å². The quantitative estimate of drug-likeness (QED) is 0.230. The Bertz CT molecular complexity index is 737. The van der Waals surface area contributed by atoms with E-state index in [4.69, 9.17) is 10.6 Å². The molecule has 0 saturated carbocycles. The smallest absolute Gasteiger partial charge is 0.409 e. The standard InChI is InChI=1S/C16H17F3N4OS/c17-16(18,19)11-4-1-5-12(10-11)24-23-9-3-8-22-15(20)14-13(25)6-2-7-21-14/h1-2,4-7,10,23,25H,3,8-9H2,(H2,20,22). The number of halogens is 3. The Balaban J connectivity index is 1.75. The number of aromatic nitrogens is 1. The Morgan fingerprint density at radius 1 is 1.28 bits per heavy atom. The zero-order chi connectivity index (χ0) is 18.3. The predicted octanol–water partition coefficient (Wildman–Crippen LogP) is 3.07. The lowest BCUT2D eigenvalue weighted by atomic mass is 10.2. The molecule has 134 valence electrons. The summed E-state index contributed by atoms with van der Waals surface area (Å²) in [4.78, 5) is 14.0. The zero-order valence-electron chi connectivity index (χ0n) is 13.1. The van der Waals surface area contributed by atoms with Crippen molar-refractivity contribution in [2.45, 2.75) is 17.5 Å². The number of pyridine rings is 1. The van der Waals surface area contributed by atoms with Crippen molar-refractivity contribution in [1.82, 2.24) is 10.5 Å². The summed E-state index contributed by atoms with van der Waals surface area (Å²) in [5.41, 5.74) is 8.19. The van der Waals surface area contributed by atoms with E-state index in [2.05, 4.69) is 28.1 Å². The highest BCUT2D eigenvalue weighted by Crippen LogP contribution is 2.31. The summed E-state index contributed by atoms with van der Waals surface area (Å²) in [7, 11) is 0. The number of nitrogens with one attached hydrogen (secondary N) is 1. The third-order valence-corrected chi connectivity index (χ3v) is 3.46. The second-order valence-corrected chi connectivity index (χ2v) is 5.50. The number of benzene rings is 1. The van der Waals surface area contributed by atoms with Gasteiger partial charge >= 0.3 is 6.18 Å². The number of alkyl halides is 3. The van der Waals surface area contributed by atoms with Gasteiger partial charge in [-0.05, 0) is 36.8 Å². The van der Waals surface area contributed by atoms with E-state index in [9.17, 15) is 13.2 Å². The van der Waals surface area contributed by atoms with E-state index in [1.807, 2.05) is 0 Å². The largest absolute Gasteiger partial charge is 0.416 e. The summed E-state index contributed by atoms with van der Waals surface area (Å²) in [6, 6.07) is 8.14. The minimum atomic E-state index is -4.40. The summed E-state index contributed by atoms with van der Waals surface area (Å²) in [5.74, 6) is 0.371. The molecule has 0 atom stereocenters. The summed E-state index contributed by atoms with van der Waals surface area (Å²) < 4.78 is 37.8. The molecular formula is C16H17F3N4OS. The SMILES string of the molecule is NC(=NCCCNOc1cccc(C(F)(F)F)c1)c1ncccc1S. The molecule has 0 saturated heterocycles. The van der Waals surface area contributed by atoms with E-state index < -0.39 is 11.7 Å². The Morgan fingerprint density at radius 3 is 2.80 bits per heavy atom. The minimum Gasteiger partial charge on any atom is -0.409 e. The average molecular weight is 370 g/mol. The number of hydrogen-bond donors (Lipinski definition) is 3. The molecule has 2 rings (SSSR count). The van der Waals surface area contributed by atoms with Gasteiger partial charge in [-0.1, -0.05) is 6.07 Å². The Morgan fingerprint density at radius 2 is 2.08 bits per heavy atom. The first-order valence-electron chi connectivity index (χ1n) is 7.39. The van der Waals surface area contributed by atoms with Gasteiger partial charge < -0.3 is 10.6 Å². The van der Waals surface area contributed by atoms with Crippen molar-refractivity contribution >= 4 is 18.5 Å². The zero-order valence-corrected chi connectivity index (χ0v) is 14.0. The molecule has 5 nitrogen and oxygen atoms in total. The first-order chi connectivity index (χ1) is 11.9. The first kappa shape index (κ1) is 19.1. The van der Waals surface area contributed by atoms with Gasteiger partial charge in [0.25, 0.3) is 0 Å². The molecule has 0 aliphatic carbocycles. The van der Waals surface area contributed by atoms with Gasteiger partial charge in [-0.25, -0.2) is 0 Å². The van der Waals surface area contributed by atoms with Crippen LogP contribution in [0.5, 0.6) is 5.75 Å². The molecule has 0 aliphatic rings. The van der Waals surface area contributed by atoms with E-state index in [1.54, 1.807) is 18.3 Å². The molecule has 0 aliphatic heterocycles. The van der Waals surface area contributed by atoms with Crippen LogP contribution in [0.1, 0.15) is 17.7 Å². The van der Waals surface area contributed by atoms with Gasteiger partial charge in [0.15, 0.2) is 0 Å². The monoisotopic (exact) mass is 370 g/mol. The number of nitrogens with zero attached hydrogens (tertiary/aromatic N) is 2. The van der Waals surface area contributed by atoms with Crippen LogP contribution in [0, 0.1) is 0 Å². The molecule has 0 spiro atoms. The Labute approximate surface area is 148 Å². The second-order valence-electron chi connectivity index (χ2n) is 5.01. The molecule has 1 aromatic carbocycles. The van der Waals surface area contributed by atoms with Crippen LogP contribution in [0.3, 0.4) is 0 Å². The van der Waals surface area contributed by atoms with Crippen LogP contribution >= 0.6 is 12.6 Å². The normalized spacial score (nSPS) is 12.2. The fourth-order valence-corrected chi connectivity index (χ4v) is 2.15. The van der Waals surface area contributed by atoms with Crippen LogP contribution in [0.25, 0.3) is 0 Å². The van der Waals surface area contributed by atoms with Crippen molar-refractivity contribution in [2.24, 2.45) is 10.7 Å². The molecule has 3 N–H and O–H groups in total. The maximum Gasteiger partial charge on any atom is 0.416 e. The minimum absolute atomic E-state index is 0.0889. The van der Waals surface area contributed by atoms with Gasteiger partial charge in [-0.2, -0.15) is 18.7 Å². The molecule has 1 aromatic heterocycles.